The molecule has 1 fully saturated rings. The number of rotatable bonds is 5. The van der Waals surface area contributed by atoms with Crippen molar-refractivity contribution in [3.63, 3.8) is 0 Å². The normalized spacial score (nSPS) is 15.3. The molecule has 2 amide bonds. The predicted molar refractivity (Wildman–Crippen MR) is 92.7 cm³/mol. The summed E-state index contributed by atoms with van der Waals surface area (Å²) in [5.74, 6) is 0.580. The summed E-state index contributed by atoms with van der Waals surface area (Å²) in [5, 5.41) is 3.82. The molecular formula is C17H26ClN3O. The van der Waals surface area contributed by atoms with Crippen molar-refractivity contribution in [2.75, 3.05) is 37.6 Å². The Bertz CT molecular complexity index is 483. The third kappa shape index (κ3) is 4.54. The van der Waals surface area contributed by atoms with Gasteiger partial charge in [0.15, 0.2) is 0 Å². The predicted octanol–water partition coefficient (Wildman–Crippen LogP) is 3.61. The molecule has 0 unspecified atom stereocenters. The van der Waals surface area contributed by atoms with Gasteiger partial charge in [-0.05, 0) is 24.1 Å². The van der Waals surface area contributed by atoms with E-state index in [1.54, 1.807) is 0 Å². The molecular weight excluding hydrogens is 298 g/mol. The van der Waals surface area contributed by atoms with Gasteiger partial charge in [-0.15, -0.1) is 0 Å². The van der Waals surface area contributed by atoms with Crippen LogP contribution in [-0.4, -0.2) is 43.7 Å². The zero-order valence-corrected chi connectivity index (χ0v) is 14.3. The van der Waals surface area contributed by atoms with Gasteiger partial charge in [0.1, 0.15) is 0 Å². The van der Waals surface area contributed by atoms with Gasteiger partial charge in [0.05, 0.1) is 0 Å². The summed E-state index contributed by atoms with van der Waals surface area (Å²) in [4.78, 5) is 16.4. The second-order valence-electron chi connectivity index (χ2n) is 5.82. The molecule has 0 saturated carbocycles. The first kappa shape index (κ1) is 16.9. The molecule has 0 atom stereocenters. The smallest absolute Gasteiger partial charge is 0.317 e. The van der Waals surface area contributed by atoms with Crippen molar-refractivity contribution in [2.24, 2.45) is 5.92 Å². The number of amides is 2. The minimum atomic E-state index is 0.0673. The van der Waals surface area contributed by atoms with Gasteiger partial charge in [-0.1, -0.05) is 44.4 Å². The first-order valence-electron chi connectivity index (χ1n) is 8.17. The zero-order valence-electron chi connectivity index (χ0n) is 13.5. The SMILES string of the molecule is CCC(CC)CNC(=O)N1CCN(c2cccc(Cl)c2)CC1. The van der Waals surface area contributed by atoms with E-state index in [1.807, 2.05) is 23.1 Å². The molecule has 0 aromatic heterocycles. The fraction of sp³-hybridized carbons (Fsp3) is 0.588. The van der Waals surface area contributed by atoms with Crippen molar-refractivity contribution in [3.05, 3.63) is 29.3 Å². The fourth-order valence-corrected chi connectivity index (χ4v) is 2.95. The van der Waals surface area contributed by atoms with E-state index in [4.69, 9.17) is 11.6 Å². The van der Waals surface area contributed by atoms with Crippen molar-refractivity contribution in [2.45, 2.75) is 26.7 Å². The van der Waals surface area contributed by atoms with E-state index < -0.39 is 0 Å². The van der Waals surface area contributed by atoms with Crippen LogP contribution in [-0.2, 0) is 0 Å². The lowest BCUT2D eigenvalue weighted by Gasteiger charge is -2.36. The highest BCUT2D eigenvalue weighted by atomic mass is 35.5. The number of nitrogens with one attached hydrogen (secondary N) is 1. The topological polar surface area (TPSA) is 35.6 Å². The molecule has 1 saturated heterocycles. The number of benzene rings is 1. The maximum absolute atomic E-state index is 12.2. The van der Waals surface area contributed by atoms with Gasteiger partial charge in [-0.3, -0.25) is 0 Å². The van der Waals surface area contributed by atoms with Crippen molar-refractivity contribution < 1.29 is 4.79 Å². The fourth-order valence-electron chi connectivity index (χ4n) is 2.76. The van der Waals surface area contributed by atoms with Crippen LogP contribution in [0.4, 0.5) is 10.5 Å². The molecule has 2 rings (SSSR count). The lowest BCUT2D eigenvalue weighted by atomic mass is 10.0. The van der Waals surface area contributed by atoms with Crippen LogP contribution >= 0.6 is 11.6 Å². The Morgan fingerprint density at radius 1 is 1.23 bits per heavy atom. The largest absolute Gasteiger partial charge is 0.368 e. The molecule has 0 aliphatic carbocycles. The summed E-state index contributed by atoms with van der Waals surface area (Å²) in [7, 11) is 0. The molecule has 1 heterocycles. The number of halogens is 1. The van der Waals surface area contributed by atoms with Crippen LogP contribution in [0.3, 0.4) is 0 Å². The zero-order chi connectivity index (χ0) is 15.9. The Labute approximate surface area is 138 Å². The van der Waals surface area contributed by atoms with Gasteiger partial charge in [-0.25, -0.2) is 4.79 Å². The number of urea groups is 1. The molecule has 0 bridgehead atoms. The van der Waals surface area contributed by atoms with Crippen molar-refractivity contribution in [3.8, 4) is 0 Å². The molecule has 122 valence electrons. The Balaban J connectivity index is 1.80. The molecule has 1 aliphatic rings. The molecule has 1 N–H and O–H groups in total. The van der Waals surface area contributed by atoms with Crippen molar-refractivity contribution >= 4 is 23.3 Å². The Kier molecular flexibility index (Phi) is 6.37. The average Bonchev–Trinajstić information content (AvgIpc) is 2.56. The van der Waals surface area contributed by atoms with E-state index in [0.717, 1.165) is 56.3 Å². The Morgan fingerprint density at radius 2 is 1.91 bits per heavy atom. The van der Waals surface area contributed by atoms with Crippen LogP contribution < -0.4 is 10.2 Å². The van der Waals surface area contributed by atoms with Crippen LogP contribution in [0.2, 0.25) is 5.02 Å². The Hall–Kier alpha value is -1.42. The highest BCUT2D eigenvalue weighted by Gasteiger charge is 2.21. The summed E-state index contributed by atoms with van der Waals surface area (Å²) < 4.78 is 0. The third-order valence-electron chi connectivity index (χ3n) is 4.44. The van der Waals surface area contributed by atoms with E-state index in [0.29, 0.717) is 5.92 Å². The average molecular weight is 324 g/mol. The number of carbonyl (C=O) groups excluding carboxylic acids is 1. The van der Waals surface area contributed by atoms with Crippen molar-refractivity contribution in [1.82, 2.24) is 10.2 Å². The first-order valence-corrected chi connectivity index (χ1v) is 8.55. The highest BCUT2D eigenvalue weighted by Crippen LogP contribution is 2.20. The standard InChI is InChI=1S/C17H26ClN3O/c1-3-14(4-2)13-19-17(22)21-10-8-20(9-11-21)16-7-5-6-15(18)12-16/h5-7,12,14H,3-4,8-11,13H2,1-2H3,(H,19,22). The van der Waals surface area contributed by atoms with Crippen LogP contribution in [0, 0.1) is 5.92 Å². The maximum Gasteiger partial charge on any atom is 0.317 e. The van der Waals surface area contributed by atoms with Gasteiger partial charge < -0.3 is 15.1 Å². The molecule has 22 heavy (non-hydrogen) atoms. The van der Waals surface area contributed by atoms with Gasteiger partial charge in [0, 0.05) is 43.4 Å². The molecule has 1 aliphatic heterocycles. The van der Waals surface area contributed by atoms with Crippen LogP contribution in [0.5, 0.6) is 0 Å². The molecule has 0 spiro atoms. The van der Waals surface area contributed by atoms with E-state index in [-0.39, 0.29) is 6.03 Å². The molecule has 0 radical (unpaired) electrons. The number of hydrogen-bond acceptors (Lipinski definition) is 2. The molecule has 5 heteroatoms. The van der Waals surface area contributed by atoms with Crippen LogP contribution in [0.25, 0.3) is 0 Å². The number of anilines is 1. The molecule has 1 aromatic carbocycles. The lowest BCUT2D eigenvalue weighted by Crippen LogP contribution is -2.52. The monoisotopic (exact) mass is 323 g/mol. The van der Waals surface area contributed by atoms with Crippen LogP contribution in [0.15, 0.2) is 24.3 Å². The number of hydrogen-bond donors (Lipinski definition) is 1. The van der Waals surface area contributed by atoms with Gasteiger partial charge in [0.2, 0.25) is 0 Å². The van der Waals surface area contributed by atoms with E-state index >= 15 is 0 Å². The first-order chi connectivity index (χ1) is 10.6. The van der Waals surface area contributed by atoms with E-state index in [1.165, 1.54) is 0 Å². The van der Waals surface area contributed by atoms with E-state index in [9.17, 15) is 4.79 Å². The second kappa shape index (κ2) is 8.28. The summed E-state index contributed by atoms with van der Waals surface area (Å²) in [6, 6.07) is 7.95. The highest BCUT2D eigenvalue weighted by molar-refractivity contribution is 6.30. The Morgan fingerprint density at radius 3 is 2.50 bits per heavy atom. The molecule has 1 aromatic rings. The summed E-state index contributed by atoms with van der Waals surface area (Å²) >= 11 is 6.04. The second-order valence-corrected chi connectivity index (χ2v) is 6.26. The van der Waals surface area contributed by atoms with Crippen molar-refractivity contribution in [1.29, 1.82) is 0 Å². The molecule has 4 nitrogen and oxygen atoms in total. The summed E-state index contributed by atoms with van der Waals surface area (Å²) in [6.45, 7) is 8.31. The summed E-state index contributed by atoms with van der Waals surface area (Å²) in [5.41, 5.74) is 1.13. The van der Waals surface area contributed by atoms with Gasteiger partial charge in [-0.2, -0.15) is 0 Å². The van der Waals surface area contributed by atoms with Crippen LogP contribution in [0.1, 0.15) is 26.7 Å². The minimum Gasteiger partial charge on any atom is -0.368 e. The van der Waals surface area contributed by atoms with Gasteiger partial charge >= 0.3 is 6.03 Å². The number of carbonyl (C=O) groups is 1. The third-order valence-corrected chi connectivity index (χ3v) is 4.67. The van der Waals surface area contributed by atoms with Gasteiger partial charge in [0.25, 0.3) is 0 Å². The van der Waals surface area contributed by atoms with E-state index in [2.05, 4.69) is 30.1 Å². The quantitative estimate of drug-likeness (QED) is 0.898. The number of piperazine rings is 1. The maximum atomic E-state index is 12.2. The minimum absolute atomic E-state index is 0.0673. The summed E-state index contributed by atoms with van der Waals surface area (Å²) in [6.07, 6.45) is 2.22. The lowest BCUT2D eigenvalue weighted by molar-refractivity contribution is 0.192. The number of nitrogens with zero attached hydrogens (tertiary/aromatic N) is 2.